The lowest BCUT2D eigenvalue weighted by Gasteiger charge is -2.37. The number of para-hydroxylation sites is 1. The first-order valence-electron chi connectivity index (χ1n) is 11.7. The van der Waals surface area contributed by atoms with Crippen molar-refractivity contribution in [3.05, 3.63) is 46.4 Å². The lowest BCUT2D eigenvalue weighted by Crippen LogP contribution is -2.46. The Kier molecular flexibility index (Phi) is 7.63. The highest BCUT2D eigenvalue weighted by Crippen LogP contribution is 2.45. The predicted molar refractivity (Wildman–Crippen MR) is 128 cm³/mol. The molecule has 8 nitrogen and oxygen atoms in total. The molecule has 4 rings (SSSR count). The maximum absolute atomic E-state index is 13.9. The highest BCUT2D eigenvalue weighted by atomic mass is 32.1. The monoisotopic (exact) mass is 485 g/mol. The molecular formula is C25H31N3O5S. The molecule has 0 aliphatic carbocycles. The number of piperidine rings is 1. The predicted octanol–water partition coefficient (Wildman–Crippen LogP) is 3.33. The Bertz CT molecular complexity index is 1030. The molecule has 2 saturated heterocycles. The van der Waals surface area contributed by atoms with E-state index in [1.54, 1.807) is 36.8 Å². The second-order valence-electron chi connectivity index (χ2n) is 8.80. The van der Waals surface area contributed by atoms with Crippen LogP contribution in [0.25, 0.3) is 0 Å². The number of hydrogen-bond donors (Lipinski definition) is 0. The Labute approximate surface area is 203 Å². The van der Waals surface area contributed by atoms with Crippen molar-refractivity contribution in [1.82, 2.24) is 14.8 Å². The van der Waals surface area contributed by atoms with Crippen LogP contribution in [0, 0.1) is 0 Å². The van der Waals surface area contributed by atoms with Crippen molar-refractivity contribution >= 4 is 29.1 Å². The van der Waals surface area contributed by atoms with Crippen LogP contribution in [-0.2, 0) is 24.5 Å². The van der Waals surface area contributed by atoms with Crippen LogP contribution in [0.15, 0.2) is 35.8 Å². The number of thiazole rings is 1. The summed E-state index contributed by atoms with van der Waals surface area (Å²) in [6.07, 6.45) is 4.94. The van der Waals surface area contributed by atoms with E-state index < -0.39 is 5.41 Å². The zero-order chi connectivity index (χ0) is 24.1. The third kappa shape index (κ3) is 4.59. The second kappa shape index (κ2) is 10.7. The van der Waals surface area contributed by atoms with Crippen LogP contribution in [0.4, 0.5) is 0 Å². The van der Waals surface area contributed by atoms with Crippen molar-refractivity contribution < 1.29 is 23.9 Å². The molecule has 3 amide bonds. The largest absolute Gasteiger partial charge is 0.496 e. The molecule has 0 radical (unpaired) electrons. The van der Waals surface area contributed by atoms with Gasteiger partial charge >= 0.3 is 0 Å². The molecule has 0 saturated carbocycles. The molecule has 1 aromatic carbocycles. The lowest BCUT2D eigenvalue weighted by molar-refractivity contribution is -0.144. The highest BCUT2D eigenvalue weighted by Gasteiger charge is 2.55. The number of rotatable bonds is 9. The molecule has 0 spiro atoms. The van der Waals surface area contributed by atoms with Gasteiger partial charge in [-0.25, -0.2) is 4.98 Å². The standard InChI is InChI=1S/C25H31N3O5S/c1-32-14-7-13-28-22(30)17-25(24(28)31,18-8-3-4-10-20(18)33-2)16-21(29)27-12-6-5-9-19(27)23-26-11-15-34-23/h3-4,8,10-11,15,19H,5-7,9,12-14,16-17H2,1-2H3/t19-,25+/m0/s1. The van der Waals surface area contributed by atoms with Crippen LogP contribution in [0.1, 0.15) is 55.1 Å². The number of carbonyl (C=O) groups is 3. The first-order valence-corrected chi connectivity index (χ1v) is 12.6. The summed E-state index contributed by atoms with van der Waals surface area (Å²) in [5.41, 5.74) is -0.708. The topological polar surface area (TPSA) is 89.0 Å². The van der Waals surface area contributed by atoms with Gasteiger partial charge in [0.15, 0.2) is 0 Å². The van der Waals surface area contributed by atoms with Crippen molar-refractivity contribution in [3.63, 3.8) is 0 Å². The SMILES string of the molecule is COCCCN1C(=O)C[C@](CC(=O)N2CCCC[C@H]2c2nccs2)(c2ccccc2OC)C1=O. The molecule has 3 heterocycles. The van der Waals surface area contributed by atoms with Gasteiger partial charge < -0.3 is 14.4 Å². The van der Waals surface area contributed by atoms with Crippen LogP contribution < -0.4 is 4.74 Å². The highest BCUT2D eigenvalue weighted by molar-refractivity contribution is 7.09. The van der Waals surface area contributed by atoms with E-state index in [1.807, 2.05) is 22.4 Å². The van der Waals surface area contributed by atoms with Gasteiger partial charge in [0.05, 0.1) is 18.6 Å². The van der Waals surface area contributed by atoms with Gasteiger partial charge in [-0.15, -0.1) is 11.3 Å². The van der Waals surface area contributed by atoms with Gasteiger partial charge in [0, 0.05) is 56.8 Å². The Morgan fingerprint density at radius 1 is 1.24 bits per heavy atom. The normalized spacial score (nSPS) is 22.9. The summed E-state index contributed by atoms with van der Waals surface area (Å²) in [7, 11) is 3.12. The zero-order valence-electron chi connectivity index (χ0n) is 19.7. The molecule has 9 heteroatoms. The molecule has 0 unspecified atom stereocenters. The minimum Gasteiger partial charge on any atom is -0.496 e. The number of hydrogen-bond acceptors (Lipinski definition) is 7. The van der Waals surface area contributed by atoms with E-state index in [-0.39, 0.29) is 43.1 Å². The number of methoxy groups -OCH3 is 2. The van der Waals surface area contributed by atoms with E-state index in [9.17, 15) is 14.4 Å². The molecule has 1 aromatic heterocycles. The smallest absolute Gasteiger partial charge is 0.241 e. The van der Waals surface area contributed by atoms with E-state index in [4.69, 9.17) is 9.47 Å². The molecule has 2 aliphatic rings. The second-order valence-corrected chi connectivity index (χ2v) is 9.73. The summed E-state index contributed by atoms with van der Waals surface area (Å²) in [4.78, 5) is 48.3. The minimum atomic E-state index is -1.29. The molecule has 34 heavy (non-hydrogen) atoms. The van der Waals surface area contributed by atoms with E-state index in [1.165, 1.54) is 12.0 Å². The van der Waals surface area contributed by atoms with Crippen LogP contribution in [0.5, 0.6) is 5.75 Å². The Hall–Kier alpha value is -2.78. The Morgan fingerprint density at radius 2 is 2.06 bits per heavy atom. The molecular weight excluding hydrogens is 454 g/mol. The first kappa shape index (κ1) is 24.3. The summed E-state index contributed by atoms with van der Waals surface area (Å²) in [6.45, 7) is 1.33. The number of amides is 3. The quantitative estimate of drug-likeness (QED) is 0.400. The molecule has 2 atom stereocenters. The fraction of sp³-hybridized carbons (Fsp3) is 0.520. The van der Waals surface area contributed by atoms with Crippen molar-refractivity contribution in [3.8, 4) is 5.75 Å². The van der Waals surface area contributed by atoms with Gasteiger partial charge in [-0.05, 0) is 31.7 Å². The third-order valence-electron chi connectivity index (χ3n) is 6.77. The summed E-state index contributed by atoms with van der Waals surface area (Å²) in [5.74, 6) is -0.236. The third-order valence-corrected chi connectivity index (χ3v) is 7.65. The number of likely N-dealkylation sites (tertiary alicyclic amines) is 2. The molecule has 2 aromatic rings. The van der Waals surface area contributed by atoms with E-state index in [0.29, 0.717) is 30.9 Å². The summed E-state index contributed by atoms with van der Waals surface area (Å²) < 4.78 is 10.7. The van der Waals surface area contributed by atoms with E-state index in [0.717, 1.165) is 24.3 Å². The minimum absolute atomic E-state index is 0.0549. The first-order chi connectivity index (χ1) is 16.5. The zero-order valence-corrected chi connectivity index (χ0v) is 20.5. The van der Waals surface area contributed by atoms with Crippen LogP contribution in [0.3, 0.4) is 0 Å². The van der Waals surface area contributed by atoms with Crippen molar-refractivity contribution in [2.75, 3.05) is 33.9 Å². The number of benzene rings is 1. The van der Waals surface area contributed by atoms with Crippen molar-refractivity contribution in [1.29, 1.82) is 0 Å². The summed E-state index contributed by atoms with van der Waals surface area (Å²) in [5, 5.41) is 2.83. The molecule has 0 bridgehead atoms. The molecule has 2 aliphatic heterocycles. The Morgan fingerprint density at radius 3 is 2.79 bits per heavy atom. The van der Waals surface area contributed by atoms with Crippen LogP contribution >= 0.6 is 11.3 Å². The maximum Gasteiger partial charge on any atom is 0.241 e. The van der Waals surface area contributed by atoms with Gasteiger partial charge in [0.2, 0.25) is 17.7 Å². The van der Waals surface area contributed by atoms with Gasteiger partial charge in [-0.3, -0.25) is 19.3 Å². The molecule has 2 fully saturated rings. The number of imide groups is 1. The lowest BCUT2D eigenvalue weighted by atomic mass is 9.75. The van der Waals surface area contributed by atoms with Crippen molar-refractivity contribution in [2.45, 2.75) is 50.0 Å². The fourth-order valence-corrected chi connectivity index (χ4v) is 5.91. The van der Waals surface area contributed by atoms with E-state index >= 15 is 0 Å². The summed E-state index contributed by atoms with van der Waals surface area (Å²) >= 11 is 1.54. The Balaban J connectivity index is 1.69. The number of ether oxygens (including phenoxy) is 2. The fourth-order valence-electron chi connectivity index (χ4n) is 5.12. The van der Waals surface area contributed by atoms with Crippen molar-refractivity contribution in [2.24, 2.45) is 0 Å². The average molecular weight is 486 g/mol. The van der Waals surface area contributed by atoms with Gasteiger partial charge in [-0.1, -0.05) is 18.2 Å². The van der Waals surface area contributed by atoms with Gasteiger partial charge in [-0.2, -0.15) is 0 Å². The molecule has 0 N–H and O–H groups in total. The van der Waals surface area contributed by atoms with E-state index in [2.05, 4.69) is 4.98 Å². The molecule has 182 valence electrons. The van der Waals surface area contributed by atoms with Gasteiger partial charge in [0.1, 0.15) is 10.8 Å². The number of carbonyl (C=O) groups excluding carboxylic acids is 3. The number of aromatic nitrogens is 1. The summed E-state index contributed by atoms with van der Waals surface area (Å²) in [6, 6.07) is 7.10. The average Bonchev–Trinajstić information content (AvgIpc) is 3.47. The van der Waals surface area contributed by atoms with Crippen LogP contribution in [-0.4, -0.2) is 66.4 Å². The maximum atomic E-state index is 13.9. The number of nitrogens with zero attached hydrogens (tertiary/aromatic N) is 3. The van der Waals surface area contributed by atoms with Gasteiger partial charge in [0.25, 0.3) is 0 Å². The van der Waals surface area contributed by atoms with Crippen LogP contribution in [0.2, 0.25) is 0 Å².